The Balaban J connectivity index is 1.51. The lowest BCUT2D eigenvalue weighted by atomic mass is 10.2. The van der Waals surface area contributed by atoms with Crippen LogP contribution in [0.15, 0.2) is 61.1 Å². The van der Waals surface area contributed by atoms with Crippen molar-refractivity contribution in [2.24, 2.45) is 7.05 Å². The summed E-state index contributed by atoms with van der Waals surface area (Å²) in [7, 11) is 1.85. The molecule has 142 valence electrons. The van der Waals surface area contributed by atoms with Crippen molar-refractivity contribution in [3.05, 3.63) is 66.9 Å². The van der Waals surface area contributed by atoms with Crippen molar-refractivity contribution < 1.29 is 0 Å². The standard InChI is InChI=1S/C19H16N10/c1-28-19-15(11-22-28)18(23-17(24-19)13-6-5-9-20-10-13)21-12-16-25-26-27-29(16)14-7-3-2-4-8-14/h2-11H,12H2,1H3,(H,21,23,24). The largest absolute Gasteiger partial charge is 0.362 e. The molecule has 0 aliphatic carbocycles. The van der Waals surface area contributed by atoms with E-state index in [0.717, 1.165) is 22.3 Å². The molecule has 4 heterocycles. The van der Waals surface area contributed by atoms with Gasteiger partial charge >= 0.3 is 0 Å². The van der Waals surface area contributed by atoms with Crippen LogP contribution in [0.3, 0.4) is 0 Å². The van der Waals surface area contributed by atoms with Gasteiger partial charge in [0.15, 0.2) is 17.3 Å². The summed E-state index contributed by atoms with van der Waals surface area (Å²) in [6.07, 6.45) is 5.19. The first kappa shape index (κ1) is 16.9. The second-order valence-electron chi connectivity index (χ2n) is 6.34. The Bertz CT molecular complexity index is 1260. The maximum atomic E-state index is 4.69. The molecule has 10 heteroatoms. The number of nitrogens with zero attached hydrogens (tertiary/aromatic N) is 9. The molecule has 0 atom stereocenters. The fourth-order valence-electron chi connectivity index (χ4n) is 3.03. The highest BCUT2D eigenvalue weighted by Crippen LogP contribution is 2.24. The second-order valence-corrected chi connectivity index (χ2v) is 6.34. The number of hydrogen-bond donors (Lipinski definition) is 1. The Morgan fingerprint density at radius 2 is 1.90 bits per heavy atom. The number of fused-ring (bicyclic) bond motifs is 1. The number of para-hydroxylation sites is 1. The van der Waals surface area contributed by atoms with Crippen molar-refractivity contribution in [2.75, 3.05) is 5.32 Å². The minimum absolute atomic E-state index is 0.384. The Hall–Kier alpha value is -4.21. The molecule has 1 N–H and O–H groups in total. The number of aryl methyl sites for hydroxylation is 1. The number of hydrogen-bond acceptors (Lipinski definition) is 8. The van der Waals surface area contributed by atoms with E-state index in [1.54, 1.807) is 28.0 Å². The van der Waals surface area contributed by atoms with Crippen LogP contribution in [0.25, 0.3) is 28.1 Å². The third-order valence-electron chi connectivity index (χ3n) is 4.46. The van der Waals surface area contributed by atoms with E-state index >= 15 is 0 Å². The number of pyridine rings is 1. The molecular weight excluding hydrogens is 368 g/mol. The van der Waals surface area contributed by atoms with E-state index < -0.39 is 0 Å². The summed E-state index contributed by atoms with van der Waals surface area (Å²) in [6, 6.07) is 13.5. The third-order valence-corrected chi connectivity index (χ3v) is 4.46. The van der Waals surface area contributed by atoms with Gasteiger partial charge in [-0.1, -0.05) is 18.2 Å². The van der Waals surface area contributed by atoms with Crippen LogP contribution in [0.1, 0.15) is 5.82 Å². The number of benzene rings is 1. The lowest BCUT2D eigenvalue weighted by Crippen LogP contribution is -2.10. The second kappa shape index (κ2) is 7.08. The van der Waals surface area contributed by atoms with Crippen LogP contribution < -0.4 is 5.32 Å². The monoisotopic (exact) mass is 384 g/mol. The van der Waals surface area contributed by atoms with Crippen molar-refractivity contribution in [1.82, 2.24) is 44.9 Å². The third kappa shape index (κ3) is 3.16. The molecule has 0 bridgehead atoms. The van der Waals surface area contributed by atoms with Gasteiger partial charge in [0, 0.05) is 25.0 Å². The zero-order chi connectivity index (χ0) is 19.6. The molecule has 0 unspecified atom stereocenters. The molecular formula is C19H16N10. The summed E-state index contributed by atoms with van der Waals surface area (Å²) in [5.74, 6) is 1.89. The van der Waals surface area contributed by atoms with Crippen molar-refractivity contribution in [3.63, 3.8) is 0 Å². The normalized spacial score (nSPS) is 11.1. The maximum Gasteiger partial charge on any atom is 0.175 e. The van der Waals surface area contributed by atoms with Gasteiger partial charge in [-0.15, -0.1) is 5.10 Å². The SMILES string of the molecule is Cn1ncc2c(NCc3nnnn3-c3ccccc3)nc(-c3cccnc3)nc21. The molecule has 4 aromatic heterocycles. The first-order chi connectivity index (χ1) is 14.3. The van der Waals surface area contributed by atoms with E-state index in [1.165, 1.54) is 0 Å². The molecule has 0 saturated heterocycles. The number of tetrazole rings is 1. The molecule has 0 saturated carbocycles. The number of rotatable bonds is 5. The molecule has 5 rings (SSSR count). The van der Waals surface area contributed by atoms with E-state index in [1.807, 2.05) is 49.5 Å². The highest BCUT2D eigenvalue weighted by Gasteiger charge is 2.14. The first-order valence-electron chi connectivity index (χ1n) is 8.96. The van der Waals surface area contributed by atoms with Gasteiger partial charge < -0.3 is 5.32 Å². The minimum atomic E-state index is 0.384. The number of anilines is 1. The Morgan fingerprint density at radius 1 is 1.00 bits per heavy atom. The summed E-state index contributed by atoms with van der Waals surface area (Å²) in [5, 5.41) is 20.5. The summed E-state index contributed by atoms with van der Waals surface area (Å²) in [6.45, 7) is 0.384. The highest BCUT2D eigenvalue weighted by atomic mass is 15.5. The summed E-state index contributed by atoms with van der Waals surface area (Å²) < 4.78 is 3.41. The molecule has 0 amide bonds. The van der Waals surface area contributed by atoms with Crippen LogP contribution in [-0.4, -0.2) is 44.9 Å². The first-order valence-corrected chi connectivity index (χ1v) is 8.96. The summed E-state index contributed by atoms with van der Waals surface area (Å²) >= 11 is 0. The summed E-state index contributed by atoms with van der Waals surface area (Å²) in [5.41, 5.74) is 2.44. The highest BCUT2D eigenvalue weighted by molar-refractivity contribution is 5.88. The fraction of sp³-hybridized carbons (Fsp3) is 0.105. The van der Waals surface area contributed by atoms with Gasteiger partial charge in [-0.2, -0.15) is 9.78 Å². The number of aromatic nitrogens is 9. The molecule has 10 nitrogen and oxygen atoms in total. The van der Waals surface area contributed by atoms with Crippen LogP contribution in [0, 0.1) is 0 Å². The molecule has 0 aliphatic rings. The zero-order valence-electron chi connectivity index (χ0n) is 15.5. The van der Waals surface area contributed by atoms with Crippen LogP contribution >= 0.6 is 0 Å². The maximum absolute atomic E-state index is 4.69. The van der Waals surface area contributed by atoms with Gasteiger partial charge in [0.05, 0.1) is 23.8 Å². The lowest BCUT2D eigenvalue weighted by Gasteiger charge is -2.09. The van der Waals surface area contributed by atoms with E-state index in [-0.39, 0.29) is 0 Å². The van der Waals surface area contributed by atoms with Gasteiger partial charge in [0.1, 0.15) is 5.82 Å². The molecule has 0 spiro atoms. The molecule has 0 radical (unpaired) electrons. The quantitative estimate of drug-likeness (QED) is 0.490. The van der Waals surface area contributed by atoms with E-state index in [4.69, 9.17) is 4.98 Å². The topological polar surface area (TPSA) is 112 Å². The lowest BCUT2D eigenvalue weighted by molar-refractivity contribution is 0.767. The van der Waals surface area contributed by atoms with Crippen molar-refractivity contribution in [2.45, 2.75) is 6.54 Å². The van der Waals surface area contributed by atoms with E-state index in [9.17, 15) is 0 Å². The average Bonchev–Trinajstić information content (AvgIpc) is 3.40. The fourth-order valence-corrected chi connectivity index (χ4v) is 3.03. The molecule has 0 fully saturated rings. The van der Waals surface area contributed by atoms with Crippen LogP contribution in [0.5, 0.6) is 0 Å². The van der Waals surface area contributed by atoms with E-state index in [2.05, 4.69) is 35.9 Å². The van der Waals surface area contributed by atoms with Crippen LogP contribution in [-0.2, 0) is 13.6 Å². The van der Waals surface area contributed by atoms with E-state index in [0.29, 0.717) is 24.0 Å². The van der Waals surface area contributed by atoms with Gasteiger partial charge in [-0.25, -0.2) is 9.97 Å². The average molecular weight is 384 g/mol. The van der Waals surface area contributed by atoms with Gasteiger partial charge in [-0.05, 0) is 34.7 Å². The Kier molecular flexibility index (Phi) is 4.13. The van der Waals surface area contributed by atoms with Crippen molar-refractivity contribution >= 4 is 16.9 Å². The van der Waals surface area contributed by atoms with Crippen molar-refractivity contribution in [3.8, 4) is 17.1 Å². The number of nitrogens with one attached hydrogen (secondary N) is 1. The predicted molar refractivity (Wildman–Crippen MR) is 106 cm³/mol. The van der Waals surface area contributed by atoms with Crippen LogP contribution in [0.4, 0.5) is 5.82 Å². The molecule has 29 heavy (non-hydrogen) atoms. The minimum Gasteiger partial charge on any atom is -0.362 e. The van der Waals surface area contributed by atoms with Gasteiger partial charge in [0.25, 0.3) is 0 Å². The molecule has 5 aromatic rings. The summed E-state index contributed by atoms with van der Waals surface area (Å²) in [4.78, 5) is 13.5. The predicted octanol–water partition coefficient (Wildman–Crippen LogP) is 2.01. The zero-order valence-corrected chi connectivity index (χ0v) is 15.5. The van der Waals surface area contributed by atoms with Gasteiger partial charge in [-0.3, -0.25) is 9.67 Å². The van der Waals surface area contributed by atoms with Crippen molar-refractivity contribution in [1.29, 1.82) is 0 Å². The Morgan fingerprint density at radius 3 is 2.72 bits per heavy atom. The Labute approximate surface area is 165 Å². The smallest absolute Gasteiger partial charge is 0.175 e. The van der Waals surface area contributed by atoms with Crippen LogP contribution in [0.2, 0.25) is 0 Å². The molecule has 1 aromatic carbocycles. The molecule has 0 aliphatic heterocycles. The van der Waals surface area contributed by atoms with Gasteiger partial charge in [0.2, 0.25) is 0 Å².